The molecule has 5 N–H and O–H groups in total. The van der Waals surface area contributed by atoms with Crippen LogP contribution in [-0.4, -0.2) is 55.6 Å². The molecule has 0 aromatic carbocycles. The Labute approximate surface area is 190 Å². The average Bonchev–Trinajstić information content (AvgIpc) is 3.43. The molecule has 0 spiro atoms. The van der Waals surface area contributed by atoms with E-state index in [1.807, 2.05) is 6.92 Å². The van der Waals surface area contributed by atoms with Crippen LogP contribution in [0.1, 0.15) is 57.4 Å². The van der Waals surface area contributed by atoms with Gasteiger partial charge in [-0.3, -0.25) is 14.9 Å². The first kappa shape index (κ1) is 21.2. The van der Waals surface area contributed by atoms with Gasteiger partial charge in [0, 0.05) is 30.1 Å². The van der Waals surface area contributed by atoms with Crippen molar-refractivity contribution in [1.29, 1.82) is 0 Å². The summed E-state index contributed by atoms with van der Waals surface area (Å²) in [5.41, 5.74) is 1.27. The molecule has 174 valence electrons. The van der Waals surface area contributed by atoms with Gasteiger partial charge in [0.05, 0.1) is 6.20 Å². The molecule has 0 atom stereocenters. The maximum absolute atomic E-state index is 11.9. The molecule has 1 aliphatic heterocycles. The van der Waals surface area contributed by atoms with E-state index in [-0.39, 0.29) is 23.7 Å². The van der Waals surface area contributed by atoms with Crippen LogP contribution in [0.3, 0.4) is 0 Å². The molecule has 4 amide bonds. The highest BCUT2D eigenvalue weighted by atomic mass is 16.2. The minimum Gasteiger partial charge on any atom is -0.353 e. The summed E-state index contributed by atoms with van der Waals surface area (Å²) in [4.78, 5) is 44.4. The largest absolute Gasteiger partial charge is 0.353 e. The molecule has 5 rings (SSSR count). The smallest absolute Gasteiger partial charge is 0.326 e. The number of hydrogen-bond donors (Lipinski definition) is 5. The third-order valence-corrected chi connectivity index (χ3v) is 6.07. The number of nitrogens with one attached hydrogen (secondary N) is 5. The molecule has 3 fully saturated rings. The lowest BCUT2D eigenvalue weighted by atomic mass is 9.91. The second-order valence-corrected chi connectivity index (χ2v) is 8.70. The quantitative estimate of drug-likeness (QED) is 0.309. The number of aromatic nitrogens is 4. The van der Waals surface area contributed by atoms with Crippen molar-refractivity contribution in [3.63, 3.8) is 0 Å². The van der Waals surface area contributed by atoms with E-state index >= 15 is 0 Å². The fourth-order valence-electron chi connectivity index (χ4n) is 4.10. The van der Waals surface area contributed by atoms with E-state index in [0.29, 0.717) is 35.6 Å². The zero-order valence-electron chi connectivity index (χ0n) is 18.4. The van der Waals surface area contributed by atoms with E-state index in [1.165, 1.54) is 0 Å². The van der Waals surface area contributed by atoms with Crippen molar-refractivity contribution in [3.8, 4) is 0 Å². The molecule has 0 radical (unpaired) electrons. The molecule has 12 heteroatoms. The summed E-state index contributed by atoms with van der Waals surface area (Å²) < 4.78 is 1.61. The molecule has 2 aliphatic carbocycles. The highest BCUT2D eigenvalue weighted by molar-refractivity contribution is 6.14. The molecule has 12 nitrogen and oxygen atoms in total. The van der Waals surface area contributed by atoms with Crippen LogP contribution in [0.2, 0.25) is 0 Å². The first-order valence-electron chi connectivity index (χ1n) is 11.4. The maximum atomic E-state index is 11.9. The number of fused-ring (bicyclic) bond motifs is 1. The Balaban J connectivity index is 1.37. The van der Waals surface area contributed by atoms with Crippen LogP contribution in [-0.2, 0) is 9.59 Å². The Hall–Kier alpha value is -3.70. The van der Waals surface area contributed by atoms with Crippen molar-refractivity contribution < 1.29 is 14.4 Å². The maximum Gasteiger partial charge on any atom is 0.326 e. The number of amides is 4. The standard InChI is InChI=1S/C21H27N9O3/c1-2-16(31)23-12-3-5-13(6-4-12)24-19-27-17-11(9-15-18(32)28-21(33)26-15)10-22-30(17)20(29-19)25-14-7-8-14/h9-10,12-14H,2-8H2,1H3,(H,23,31)(H2,24,25,27,29)(H2,26,28,32,33)/b15-9-/t12-,13-. The molecule has 0 unspecified atom stereocenters. The van der Waals surface area contributed by atoms with E-state index in [0.717, 1.165) is 38.5 Å². The molecule has 2 aromatic rings. The number of carbonyl (C=O) groups is 3. The van der Waals surface area contributed by atoms with Crippen LogP contribution in [0, 0.1) is 0 Å². The molecule has 2 saturated carbocycles. The highest BCUT2D eigenvalue weighted by Crippen LogP contribution is 2.27. The fourth-order valence-corrected chi connectivity index (χ4v) is 4.10. The predicted octanol–water partition coefficient (Wildman–Crippen LogP) is 1.13. The summed E-state index contributed by atoms with van der Waals surface area (Å²) in [7, 11) is 0. The zero-order chi connectivity index (χ0) is 22.9. The van der Waals surface area contributed by atoms with E-state index in [1.54, 1.807) is 16.8 Å². The first-order chi connectivity index (χ1) is 16.0. The number of urea groups is 1. The summed E-state index contributed by atoms with van der Waals surface area (Å²) >= 11 is 0. The lowest BCUT2D eigenvalue weighted by Crippen LogP contribution is -2.40. The number of hydrogen-bond acceptors (Lipinski definition) is 8. The molecule has 3 heterocycles. The monoisotopic (exact) mass is 453 g/mol. The Morgan fingerprint density at radius 3 is 2.42 bits per heavy atom. The van der Waals surface area contributed by atoms with Crippen LogP contribution >= 0.6 is 0 Å². The minimum absolute atomic E-state index is 0.0884. The van der Waals surface area contributed by atoms with Gasteiger partial charge < -0.3 is 21.3 Å². The number of carbonyl (C=O) groups excluding carboxylic acids is 3. The van der Waals surface area contributed by atoms with Gasteiger partial charge in [-0.05, 0) is 44.6 Å². The van der Waals surface area contributed by atoms with Crippen LogP contribution in [0.25, 0.3) is 11.7 Å². The van der Waals surface area contributed by atoms with Crippen LogP contribution in [0.4, 0.5) is 16.7 Å². The molecule has 0 bridgehead atoms. The first-order valence-corrected chi connectivity index (χ1v) is 11.4. The number of imide groups is 1. The van der Waals surface area contributed by atoms with E-state index in [9.17, 15) is 14.4 Å². The normalized spacial score (nSPS) is 24.0. The summed E-state index contributed by atoms with van der Waals surface area (Å²) in [6, 6.07) is 0.216. The van der Waals surface area contributed by atoms with Crippen molar-refractivity contribution in [2.45, 2.75) is 70.0 Å². The number of rotatable bonds is 7. The summed E-state index contributed by atoms with van der Waals surface area (Å²) in [6.07, 6.45) is 9.40. The van der Waals surface area contributed by atoms with Crippen LogP contribution in [0.15, 0.2) is 11.9 Å². The van der Waals surface area contributed by atoms with Gasteiger partial charge in [0.25, 0.3) is 5.91 Å². The summed E-state index contributed by atoms with van der Waals surface area (Å²) in [6.45, 7) is 1.86. The molecular weight excluding hydrogens is 426 g/mol. The minimum atomic E-state index is -0.554. The van der Waals surface area contributed by atoms with E-state index in [2.05, 4.69) is 41.7 Å². The summed E-state index contributed by atoms with van der Waals surface area (Å²) in [5.74, 6) is 0.658. The van der Waals surface area contributed by atoms with Crippen molar-refractivity contribution in [3.05, 3.63) is 17.5 Å². The van der Waals surface area contributed by atoms with Gasteiger partial charge in [0.1, 0.15) is 5.70 Å². The van der Waals surface area contributed by atoms with Gasteiger partial charge in [0.15, 0.2) is 5.65 Å². The molecule has 3 aliphatic rings. The lowest BCUT2D eigenvalue weighted by Gasteiger charge is -2.29. The van der Waals surface area contributed by atoms with Crippen LogP contribution in [0.5, 0.6) is 0 Å². The molecular formula is C21H27N9O3. The molecule has 33 heavy (non-hydrogen) atoms. The topological polar surface area (TPSA) is 154 Å². The van der Waals surface area contributed by atoms with Crippen molar-refractivity contribution in [2.75, 3.05) is 10.6 Å². The van der Waals surface area contributed by atoms with E-state index < -0.39 is 11.9 Å². The van der Waals surface area contributed by atoms with Gasteiger partial charge >= 0.3 is 6.03 Å². The predicted molar refractivity (Wildman–Crippen MR) is 120 cm³/mol. The van der Waals surface area contributed by atoms with Crippen molar-refractivity contribution >= 4 is 41.5 Å². The van der Waals surface area contributed by atoms with E-state index in [4.69, 9.17) is 0 Å². The third kappa shape index (κ3) is 4.73. The number of nitrogens with zero attached hydrogens (tertiary/aromatic N) is 4. The Kier molecular flexibility index (Phi) is 5.56. The second-order valence-electron chi connectivity index (χ2n) is 8.70. The fraction of sp³-hybridized carbons (Fsp3) is 0.524. The van der Waals surface area contributed by atoms with Crippen molar-refractivity contribution in [2.24, 2.45) is 0 Å². The highest BCUT2D eigenvalue weighted by Gasteiger charge is 2.27. The van der Waals surface area contributed by atoms with Gasteiger partial charge in [-0.2, -0.15) is 19.6 Å². The molecule has 2 aromatic heterocycles. The third-order valence-electron chi connectivity index (χ3n) is 6.07. The lowest BCUT2D eigenvalue weighted by molar-refractivity contribution is -0.121. The Bertz CT molecular complexity index is 1130. The van der Waals surface area contributed by atoms with Crippen LogP contribution < -0.4 is 26.6 Å². The summed E-state index contributed by atoms with van der Waals surface area (Å²) in [5, 5.41) is 19.0. The molecule has 1 saturated heterocycles. The zero-order valence-corrected chi connectivity index (χ0v) is 18.4. The number of anilines is 2. The Morgan fingerprint density at radius 1 is 1.06 bits per heavy atom. The SMILES string of the molecule is CCC(=O)N[C@H]1CC[C@H](Nc2nc(NC3CC3)n3ncc(/C=C4\NC(=O)NC4=O)c3n2)CC1. The van der Waals surface area contributed by atoms with Crippen molar-refractivity contribution in [1.82, 2.24) is 35.5 Å². The van der Waals surface area contributed by atoms with Gasteiger partial charge in [0.2, 0.25) is 17.8 Å². The second kappa shape index (κ2) is 8.68. The Morgan fingerprint density at radius 2 is 1.76 bits per heavy atom. The van der Waals surface area contributed by atoms with Gasteiger partial charge in [-0.15, -0.1) is 0 Å². The average molecular weight is 454 g/mol. The van der Waals surface area contributed by atoms with Gasteiger partial charge in [-0.1, -0.05) is 6.92 Å². The van der Waals surface area contributed by atoms with Gasteiger partial charge in [-0.25, -0.2) is 4.79 Å².